The summed E-state index contributed by atoms with van der Waals surface area (Å²) in [6, 6.07) is 0. The molecular weight excluding hydrogens is 317 g/mol. The first-order valence-electron chi connectivity index (χ1n) is 7.27. The van der Waals surface area contributed by atoms with E-state index in [9.17, 15) is 4.57 Å². The van der Waals surface area contributed by atoms with Gasteiger partial charge in [0.2, 0.25) is 0 Å². The van der Waals surface area contributed by atoms with Crippen molar-refractivity contribution in [3.05, 3.63) is 0 Å². The Morgan fingerprint density at radius 1 is 0.682 bits per heavy atom. The molecule has 134 valence electrons. The van der Waals surface area contributed by atoms with E-state index in [1.165, 1.54) is 0 Å². The molecular formula is C12H28NO8P. The molecule has 0 aliphatic carbocycles. The van der Waals surface area contributed by atoms with E-state index in [-0.39, 0.29) is 6.61 Å². The normalized spacial score (nSPS) is 12.0. The highest BCUT2D eigenvalue weighted by Crippen LogP contribution is 2.35. The van der Waals surface area contributed by atoms with E-state index >= 15 is 0 Å². The second-order valence-electron chi connectivity index (χ2n) is 4.27. The predicted molar refractivity (Wildman–Crippen MR) is 79.6 cm³/mol. The molecule has 4 N–H and O–H groups in total. The standard InChI is InChI=1S/C12H28NO8P/c13-3-1-4-17-7-9-19-11-12-20-10-8-18-5-2-6-21-22(14,15)16/h1-13H2,(H2,14,15,16). The second kappa shape index (κ2) is 15.8. The van der Waals surface area contributed by atoms with Gasteiger partial charge in [-0.2, -0.15) is 0 Å². The summed E-state index contributed by atoms with van der Waals surface area (Å²) >= 11 is 0. The van der Waals surface area contributed by atoms with Crippen molar-refractivity contribution in [3.63, 3.8) is 0 Å². The average Bonchev–Trinajstić information content (AvgIpc) is 2.45. The minimum absolute atomic E-state index is 0.0354. The molecule has 0 saturated heterocycles. The highest BCUT2D eigenvalue weighted by Gasteiger charge is 2.12. The van der Waals surface area contributed by atoms with Gasteiger partial charge in [0.1, 0.15) is 0 Å². The Hall–Kier alpha value is -0.0900. The van der Waals surface area contributed by atoms with Gasteiger partial charge in [-0.3, -0.25) is 4.52 Å². The van der Waals surface area contributed by atoms with Crippen LogP contribution in [0.4, 0.5) is 0 Å². The van der Waals surface area contributed by atoms with Gasteiger partial charge >= 0.3 is 7.82 Å². The Bertz CT molecular complexity index is 276. The van der Waals surface area contributed by atoms with E-state index < -0.39 is 7.82 Å². The van der Waals surface area contributed by atoms with Crippen molar-refractivity contribution in [1.82, 2.24) is 0 Å². The highest BCUT2D eigenvalue weighted by atomic mass is 31.2. The van der Waals surface area contributed by atoms with Gasteiger partial charge < -0.3 is 34.5 Å². The number of phosphoric ester groups is 1. The maximum absolute atomic E-state index is 10.4. The quantitative estimate of drug-likeness (QED) is 0.244. The van der Waals surface area contributed by atoms with Crippen LogP contribution in [0, 0.1) is 0 Å². The number of nitrogens with two attached hydrogens (primary N) is 1. The predicted octanol–water partition coefficient (Wildman–Crippen LogP) is -0.0990. The van der Waals surface area contributed by atoms with Crippen molar-refractivity contribution in [2.45, 2.75) is 12.8 Å². The lowest BCUT2D eigenvalue weighted by Gasteiger charge is -2.08. The van der Waals surface area contributed by atoms with Gasteiger partial charge in [-0.1, -0.05) is 0 Å². The molecule has 0 rings (SSSR count). The zero-order valence-electron chi connectivity index (χ0n) is 12.9. The fraction of sp³-hybridized carbons (Fsp3) is 1.00. The SMILES string of the molecule is NCCCOCCOCCOCCOCCCOP(=O)(O)O. The molecule has 0 radical (unpaired) electrons. The fourth-order valence-corrected chi connectivity index (χ4v) is 1.66. The maximum atomic E-state index is 10.4. The molecule has 0 atom stereocenters. The Balaban J connectivity index is 3.01. The van der Waals surface area contributed by atoms with E-state index in [1.807, 2.05) is 0 Å². The zero-order chi connectivity index (χ0) is 16.5. The van der Waals surface area contributed by atoms with Crippen LogP contribution >= 0.6 is 7.82 Å². The largest absolute Gasteiger partial charge is 0.469 e. The minimum Gasteiger partial charge on any atom is -0.379 e. The Kier molecular flexibility index (Phi) is 15.7. The Labute approximate surface area is 131 Å². The third-order valence-electron chi connectivity index (χ3n) is 2.30. The molecule has 0 unspecified atom stereocenters. The van der Waals surface area contributed by atoms with Crippen LogP contribution in [0.1, 0.15) is 12.8 Å². The van der Waals surface area contributed by atoms with Crippen molar-refractivity contribution in [3.8, 4) is 0 Å². The monoisotopic (exact) mass is 345 g/mol. The summed E-state index contributed by atoms with van der Waals surface area (Å²) in [5.74, 6) is 0. The van der Waals surface area contributed by atoms with Gasteiger partial charge in [-0.25, -0.2) is 4.57 Å². The fourth-order valence-electron chi connectivity index (χ4n) is 1.29. The first kappa shape index (κ1) is 21.9. The van der Waals surface area contributed by atoms with Crippen LogP contribution in [0.2, 0.25) is 0 Å². The van der Waals surface area contributed by atoms with Crippen molar-refractivity contribution < 1.29 is 37.8 Å². The van der Waals surface area contributed by atoms with E-state index in [1.54, 1.807) is 0 Å². The van der Waals surface area contributed by atoms with Crippen LogP contribution in [0.5, 0.6) is 0 Å². The van der Waals surface area contributed by atoms with Gasteiger partial charge in [-0.05, 0) is 19.4 Å². The first-order chi connectivity index (χ1) is 10.6. The van der Waals surface area contributed by atoms with Gasteiger partial charge in [0.15, 0.2) is 0 Å². The summed E-state index contributed by atoms with van der Waals surface area (Å²) in [4.78, 5) is 16.9. The maximum Gasteiger partial charge on any atom is 0.469 e. The van der Waals surface area contributed by atoms with E-state index in [4.69, 9.17) is 34.5 Å². The summed E-state index contributed by atoms with van der Waals surface area (Å²) in [7, 11) is -4.36. The molecule has 0 aliphatic heterocycles. The minimum atomic E-state index is -4.36. The topological polar surface area (TPSA) is 130 Å². The third kappa shape index (κ3) is 19.9. The van der Waals surface area contributed by atoms with Crippen molar-refractivity contribution >= 4 is 7.82 Å². The van der Waals surface area contributed by atoms with Gasteiger partial charge in [0.25, 0.3) is 0 Å². The molecule has 0 heterocycles. The molecule has 22 heavy (non-hydrogen) atoms. The van der Waals surface area contributed by atoms with Gasteiger partial charge in [0.05, 0.1) is 46.2 Å². The lowest BCUT2D eigenvalue weighted by molar-refractivity contribution is -0.00298. The number of ether oxygens (including phenoxy) is 4. The molecule has 0 aromatic rings. The number of phosphoric acid groups is 1. The van der Waals surface area contributed by atoms with E-state index in [0.717, 1.165) is 6.42 Å². The number of hydrogen-bond donors (Lipinski definition) is 3. The van der Waals surface area contributed by atoms with Crippen LogP contribution in [-0.4, -0.2) is 75.8 Å². The number of rotatable bonds is 17. The van der Waals surface area contributed by atoms with Crippen LogP contribution in [0.3, 0.4) is 0 Å². The molecule has 10 heteroatoms. The molecule has 0 fully saturated rings. The van der Waals surface area contributed by atoms with E-state index in [2.05, 4.69) is 4.52 Å². The number of hydrogen-bond acceptors (Lipinski definition) is 7. The summed E-state index contributed by atoms with van der Waals surface area (Å²) in [5.41, 5.74) is 5.32. The smallest absolute Gasteiger partial charge is 0.379 e. The molecule has 0 aliphatic rings. The van der Waals surface area contributed by atoms with E-state index in [0.29, 0.717) is 65.8 Å². The van der Waals surface area contributed by atoms with Crippen molar-refractivity contribution in [2.24, 2.45) is 5.73 Å². The molecule has 9 nitrogen and oxygen atoms in total. The van der Waals surface area contributed by atoms with Crippen LogP contribution in [0.25, 0.3) is 0 Å². The van der Waals surface area contributed by atoms with Crippen LogP contribution < -0.4 is 5.73 Å². The molecule has 0 bridgehead atoms. The lowest BCUT2D eigenvalue weighted by atomic mass is 10.5. The van der Waals surface area contributed by atoms with Crippen LogP contribution in [0.15, 0.2) is 0 Å². The third-order valence-corrected chi connectivity index (χ3v) is 2.82. The second-order valence-corrected chi connectivity index (χ2v) is 5.51. The molecule has 0 aromatic heterocycles. The molecule has 0 spiro atoms. The van der Waals surface area contributed by atoms with Gasteiger partial charge in [-0.15, -0.1) is 0 Å². The Morgan fingerprint density at radius 3 is 1.50 bits per heavy atom. The molecule has 0 amide bonds. The summed E-state index contributed by atoms with van der Waals surface area (Å²) in [6.07, 6.45) is 1.27. The molecule has 0 saturated carbocycles. The Morgan fingerprint density at radius 2 is 1.09 bits per heavy atom. The summed E-state index contributed by atoms with van der Waals surface area (Å²) in [5, 5.41) is 0. The summed E-state index contributed by atoms with van der Waals surface area (Å²) < 4.78 is 35.7. The van der Waals surface area contributed by atoms with Crippen molar-refractivity contribution in [2.75, 3.05) is 66.0 Å². The highest BCUT2D eigenvalue weighted by molar-refractivity contribution is 7.46. The summed E-state index contributed by atoms with van der Waals surface area (Å²) in [6.45, 7) is 4.54. The average molecular weight is 345 g/mol. The molecule has 0 aromatic carbocycles. The zero-order valence-corrected chi connectivity index (χ0v) is 13.7. The first-order valence-corrected chi connectivity index (χ1v) is 8.80. The van der Waals surface area contributed by atoms with Crippen LogP contribution in [-0.2, 0) is 28.0 Å². The van der Waals surface area contributed by atoms with Crippen molar-refractivity contribution in [1.29, 1.82) is 0 Å². The lowest BCUT2D eigenvalue weighted by Crippen LogP contribution is -2.13. The van der Waals surface area contributed by atoms with Gasteiger partial charge in [0, 0.05) is 13.2 Å².